The number of carbonyl (C=O) groups is 2. The van der Waals surface area contributed by atoms with E-state index in [4.69, 9.17) is 23.2 Å². The molecule has 0 saturated carbocycles. The zero-order valence-electron chi connectivity index (χ0n) is 19.4. The number of carbonyl (C=O) groups excluding carboxylic acids is 2. The van der Waals surface area contributed by atoms with Crippen molar-refractivity contribution in [1.82, 2.24) is 9.62 Å². The highest BCUT2D eigenvalue weighted by Gasteiger charge is 2.32. The summed E-state index contributed by atoms with van der Waals surface area (Å²) in [5.74, 6) is -1.03. The van der Waals surface area contributed by atoms with Gasteiger partial charge in [-0.2, -0.15) is 0 Å². The van der Waals surface area contributed by atoms with Gasteiger partial charge in [0.1, 0.15) is 0 Å². The average molecular weight is 526 g/mol. The van der Waals surface area contributed by atoms with Gasteiger partial charge in [0, 0.05) is 24.5 Å². The van der Waals surface area contributed by atoms with E-state index in [1.807, 2.05) is 20.8 Å². The maximum atomic E-state index is 12.9. The number of benzene rings is 2. The van der Waals surface area contributed by atoms with E-state index in [9.17, 15) is 18.0 Å². The second-order valence-corrected chi connectivity index (χ2v) is 12.2. The van der Waals surface area contributed by atoms with Gasteiger partial charge in [-0.05, 0) is 63.4 Å². The maximum absolute atomic E-state index is 12.9. The number of para-hydroxylation sites is 1. The molecule has 3 rings (SSSR count). The number of nitrogens with zero attached hydrogens (tertiary/aromatic N) is 1. The van der Waals surface area contributed by atoms with Crippen molar-refractivity contribution in [3.8, 4) is 0 Å². The van der Waals surface area contributed by atoms with Crippen molar-refractivity contribution in [2.75, 3.05) is 18.4 Å². The third kappa shape index (κ3) is 6.95. The van der Waals surface area contributed by atoms with Gasteiger partial charge in [0.15, 0.2) is 0 Å². The van der Waals surface area contributed by atoms with Gasteiger partial charge in [0.2, 0.25) is 15.9 Å². The Morgan fingerprint density at radius 1 is 1.03 bits per heavy atom. The minimum atomic E-state index is -3.56. The number of piperidine rings is 1. The molecule has 0 aromatic heterocycles. The molecular weight excluding hydrogens is 497 g/mol. The Labute approximate surface area is 210 Å². The second-order valence-electron chi connectivity index (χ2n) is 9.42. The van der Waals surface area contributed by atoms with Crippen LogP contribution in [0.4, 0.5) is 5.69 Å². The summed E-state index contributed by atoms with van der Waals surface area (Å²) in [7, 11) is -3.56. The molecule has 34 heavy (non-hydrogen) atoms. The van der Waals surface area contributed by atoms with Crippen molar-refractivity contribution in [3.05, 3.63) is 63.6 Å². The monoisotopic (exact) mass is 525 g/mol. The Kier molecular flexibility index (Phi) is 8.29. The first-order valence-electron chi connectivity index (χ1n) is 11.0. The smallest absolute Gasteiger partial charge is 0.253 e. The zero-order chi connectivity index (χ0) is 25.1. The van der Waals surface area contributed by atoms with Gasteiger partial charge < -0.3 is 10.6 Å². The van der Waals surface area contributed by atoms with Crippen molar-refractivity contribution in [2.45, 2.75) is 44.9 Å². The summed E-state index contributed by atoms with van der Waals surface area (Å²) in [6.45, 7) is 6.14. The number of hydrogen-bond acceptors (Lipinski definition) is 4. The minimum Gasteiger partial charge on any atom is -0.347 e. The van der Waals surface area contributed by atoms with Crippen molar-refractivity contribution >= 4 is 50.7 Å². The largest absolute Gasteiger partial charge is 0.347 e. The van der Waals surface area contributed by atoms with Crippen LogP contribution in [-0.4, -0.2) is 43.2 Å². The summed E-state index contributed by atoms with van der Waals surface area (Å²) < 4.78 is 27.1. The molecule has 2 aromatic rings. The molecule has 0 atom stereocenters. The summed E-state index contributed by atoms with van der Waals surface area (Å²) >= 11 is 11.9. The lowest BCUT2D eigenvalue weighted by Gasteiger charge is -2.30. The number of halogens is 2. The lowest BCUT2D eigenvalue weighted by atomic mass is 9.97. The van der Waals surface area contributed by atoms with Gasteiger partial charge in [-0.15, -0.1) is 0 Å². The van der Waals surface area contributed by atoms with Gasteiger partial charge in [-0.3, -0.25) is 9.59 Å². The van der Waals surface area contributed by atoms with Crippen molar-refractivity contribution in [3.63, 3.8) is 0 Å². The predicted molar refractivity (Wildman–Crippen MR) is 136 cm³/mol. The van der Waals surface area contributed by atoms with Crippen LogP contribution in [0.25, 0.3) is 0 Å². The van der Waals surface area contributed by atoms with E-state index in [0.29, 0.717) is 39.7 Å². The molecule has 1 fully saturated rings. The summed E-state index contributed by atoms with van der Waals surface area (Å²) in [6.07, 6.45) is 0.783. The lowest BCUT2D eigenvalue weighted by Crippen LogP contribution is -2.42. The fourth-order valence-corrected chi connectivity index (χ4v) is 5.63. The highest BCUT2D eigenvalue weighted by Crippen LogP contribution is 2.27. The van der Waals surface area contributed by atoms with Crippen LogP contribution in [0.5, 0.6) is 0 Å². The molecule has 0 bridgehead atoms. The SMILES string of the molecule is CC(C)(C)NC(=O)c1ccccc1NC(=O)C1CCN(S(=O)(=O)Cc2ccc(Cl)c(Cl)c2)CC1. The highest BCUT2D eigenvalue weighted by atomic mass is 35.5. The molecule has 1 heterocycles. The molecule has 184 valence electrons. The van der Waals surface area contributed by atoms with Crippen LogP contribution in [0.1, 0.15) is 49.5 Å². The van der Waals surface area contributed by atoms with Crippen molar-refractivity contribution in [1.29, 1.82) is 0 Å². The molecule has 1 aliphatic rings. The molecule has 10 heteroatoms. The molecule has 0 aliphatic carbocycles. The number of amides is 2. The van der Waals surface area contributed by atoms with Gasteiger partial charge in [0.05, 0.1) is 27.0 Å². The Balaban J connectivity index is 1.61. The minimum absolute atomic E-state index is 0.184. The number of rotatable bonds is 6. The standard InChI is InChI=1S/C24H29Cl2N3O4S/c1-24(2,3)28-23(31)18-6-4-5-7-21(18)27-22(30)17-10-12-29(13-11-17)34(32,33)15-16-8-9-19(25)20(26)14-16/h4-9,14,17H,10-13,15H2,1-3H3,(H,27,30)(H,28,31). The Bertz CT molecular complexity index is 1170. The Morgan fingerprint density at radius 2 is 1.68 bits per heavy atom. The first-order valence-corrected chi connectivity index (χ1v) is 13.4. The quantitative estimate of drug-likeness (QED) is 0.571. The number of nitrogens with one attached hydrogen (secondary N) is 2. The predicted octanol–water partition coefficient (Wildman–Crippen LogP) is 4.70. The van der Waals surface area contributed by atoms with E-state index in [0.717, 1.165) is 0 Å². The van der Waals surface area contributed by atoms with E-state index in [-0.39, 0.29) is 36.6 Å². The van der Waals surface area contributed by atoms with Crippen molar-refractivity contribution in [2.24, 2.45) is 5.92 Å². The Hall–Kier alpha value is -2.13. The summed E-state index contributed by atoms with van der Waals surface area (Å²) in [5.41, 5.74) is 0.958. The lowest BCUT2D eigenvalue weighted by molar-refractivity contribution is -0.120. The van der Waals surface area contributed by atoms with Gasteiger partial charge in [0.25, 0.3) is 5.91 Å². The normalized spacial score (nSPS) is 15.7. The third-order valence-corrected chi connectivity index (χ3v) is 8.06. The van der Waals surface area contributed by atoms with Gasteiger partial charge in [-0.1, -0.05) is 41.4 Å². The molecule has 1 saturated heterocycles. The molecule has 7 nitrogen and oxygen atoms in total. The van der Waals surface area contributed by atoms with E-state index >= 15 is 0 Å². The zero-order valence-corrected chi connectivity index (χ0v) is 21.7. The third-order valence-electron chi connectivity index (χ3n) is 5.47. The van der Waals surface area contributed by atoms with Gasteiger partial charge >= 0.3 is 0 Å². The molecule has 1 aliphatic heterocycles. The van der Waals surface area contributed by atoms with Crippen LogP contribution in [0.2, 0.25) is 10.0 Å². The molecule has 2 N–H and O–H groups in total. The van der Waals surface area contributed by atoms with E-state index < -0.39 is 15.6 Å². The van der Waals surface area contributed by atoms with E-state index in [1.54, 1.807) is 42.5 Å². The fourth-order valence-electron chi connectivity index (χ4n) is 3.76. The Morgan fingerprint density at radius 3 is 2.29 bits per heavy atom. The van der Waals surface area contributed by atoms with Crippen LogP contribution >= 0.6 is 23.2 Å². The summed E-state index contributed by atoms with van der Waals surface area (Å²) in [4.78, 5) is 25.5. The first kappa shape index (κ1) is 26.5. The number of anilines is 1. The number of hydrogen-bond donors (Lipinski definition) is 2. The van der Waals surface area contributed by atoms with Crippen LogP contribution in [0.15, 0.2) is 42.5 Å². The molecular formula is C24H29Cl2N3O4S. The summed E-state index contributed by atoms with van der Waals surface area (Å²) in [6, 6.07) is 11.6. The molecule has 2 aromatic carbocycles. The summed E-state index contributed by atoms with van der Waals surface area (Å²) in [5, 5.41) is 6.43. The first-order chi connectivity index (χ1) is 15.9. The molecule has 0 radical (unpaired) electrons. The van der Waals surface area contributed by atoms with Crippen LogP contribution < -0.4 is 10.6 Å². The number of sulfonamides is 1. The topological polar surface area (TPSA) is 95.6 Å². The second kappa shape index (κ2) is 10.6. The van der Waals surface area contributed by atoms with Crippen LogP contribution in [0, 0.1) is 5.92 Å². The fraction of sp³-hybridized carbons (Fsp3) is 0.417. The van der Waals surface area contributed by atoms with E-state index in [1.165, 1.54) is 4.31 Å². The highest BCUT2D eigenvalue weighted by molar-refractivity contribution is 7.88. The van der Waals surface area contributed by atoms with Crippen molar-refractivity contribution < 1.29 is 18.0 Å². The molecule has 0 unspecified atom stereocenters. The van der Waals surface area contributed by atoms with Crippen LogP contribution in [0.3, 0.4) is 0 Å². The van der Waals surface area contributed by atoms with Gasteiger partial charge in [-0.25, -0.2) is 12.7 Å². The molecule has 2 amide bonds. The van der Waals surface area contributed by atoms with E-state index in [2.05, 4.69) is 10.6 Å². The molecule has 0 spiro atoms. The van der Waals surface area contributed by atoms with Crippen LogP contribution in [-0.2, 0) is 20.6 Å². The maximum Gasteiger partial charge on any atom is 0.253 e. The average Bonchev–Trinajstić information content (AvgIpc) is 2.75.